The van der Waals surface area contributed by atoms with E-state index < -0.39 is 6.10 Å². The van der Waals surface area contributed by atoms with Crippen molar-refractivity contribution in [1.82, 2.24) is 0 Å². The Morgan fingerprint density at radius 1 is 1.46 bits per heavy atom. The Morgan fingerprint density at radius 2 is 2.08 bits per heavy atom. The number of hydrogen-bond donors (Lipinski definition) is 0. The molecule has 0 heterocycles. The molecule has 0 aliphatic carbocycles. The molecule has 0 bridgehead atoms. The van der Waals surface area contributed by atoms with E-state index in [1.807, 2.05) is 25.1 Å². The first-order valence-corrected chi connectivity index (χ1v) is 4.29. The van der Waals surface area contributed by atoms with Crippen molar-refractivity contribution in [2.75, 3.05) is 6.61 Å². The topological polar surface area (TPSA) is 26.3 Å². The van der Waals surface area contributed by atoms with Crippen molar-refractivity contribution in [3.63, 3.8) is 0 Å². The molecule has 0 amide bonds. The van der Waals surface area contributed by atoms with Gasteiger partial charge in [0.2, 0.25) is 0 Å². The Kier molecular flexibility index (Phi) is 3.65. The van der Waals surface area contributed by atoms with Crippen LogP contribution in [0.1, 0.15) is 17.3 Å². The minimum Gasteiger partial charge on any atom is -0.370 e. The number of carbonyl (C=O) groups excluding carboxylic acids is 1. The third-order valence-electron chi connectivity index (χ3n) is 1.72. The standard InChI is InChI=1S/C11H13O2/c1-3-13-9(2)11(12)10-7-5-4-6-8-10/h4-9H,2-3H2,1H3. The summed E-state index contributed by atoms with van der Waals surface area (Å²) >= 11 is 0. The summed E-state index contributed by atoms with van der Waals surface area (Å²) in [5.74, 6) is -0.0672. The van der Waals surface area contributed by atoms with E-state index in [4.69, 9.17) is 4.74 Å². The van der Waals surface area contributed by atoms with E-state index in [2.05, 4.69) is 6.92 Å². The van der Waals surface area contributed by atoms with Gasteiger partial charge in [-0.3, -0.25) is 4.79 Å². The van der Waals surface area contributed by atoms with Crippen molar-refractivity contribution in [2.24, 2.45) is 0 Å². The SMILES string of the molecule is [CH2]C(OCC)C(=O)c1ccccc1. The highest BCUT2D eigenvalue weighted by Gasteiger charge is 2.13. The highest BCUT2D eigenvalue weighted by molar-refractivity contribution is 5.99. The highest BCUT2D eigenvalue weighted by Crippen LogP contribution is 2.05. The molecule has 0 spiro atoms. The van der Waals surface area contributed by atoms with Gasteiger partial charge in [0.05, 0.1) is 0 Å². The third kappa shape index (κ3) is 2.67. The van der Waals surface area contributed by atoms with Crippen LogP contribution in [0.5, 0.6) is 0 Å². The summed E-state index contributed by atoms with van der Waals surface area (Å²) in [6.45, 7) is 5.98. The smallest absolute Gasteiger partial charge is 0.191 e. The molecule has 1 unspecified atom stereocenters. The summed E-state index contributed by atoms with van der Waals surface area (Å²) in [6, 6.07) is 9.05. The molecule has 0 saturated carbocycles. The molecular weight excluding hydrogens is 164 g/mol. The lowest BCUT2D eigenvalue weighted by molar-refractivity contribution is 0.0598. The Labute approximate surface area is 78.5 Å². The van der Waals surface area contributed by atoms with Gasteiger partial charge in [-0.25, -0.2) is 0 Å². The number of Topliss-reactive ketones (excluding diaryl/α,β-unsaturated/α-hetero) is 1. The number of ketones is 1. The summed E-state index contributed by atoms with van der Waals surface area (Å²) in [6.07, 6.45) is -0.590. The van der Waals surface area contributed by atoms with Crippen LogP contribution in [-0.4, -0.2) is 18.5 Å². The van der Waals surface area contributed by atoms with E-state index in [9.17, 15) is 4.79 Å². The van der Waals surface area contributed by atoms with E-state index in [1.165, 1.54) is 0 Å². The van der Waals surface area contributed by atoms with E-state index in [1.54, 1.807) is 12.1 Å². The van der Waals surface area contributed by atoms with Crippen LogP contribution in [0, 0.1) is 6.92 Å². The normalized spacial score (nSPS) is 12.5. The predicted octanol–water partition coefficient (Wildman–Crippen LogP) is 2.11. The van der Waals surface area contributed by atoms with Gasteiger partial charge in [-0.2, -0.15) is 0 Å². The first-order chi connectivity index (χ1) is 6.25. The summed E-state index contributed by atoms with van der Waals surface area (Å²) in [7, 11) is 0. The summed E-state index contributed by atoms with van der Waals surface area (Å²) in [4.78, 5) is 11.5. The van der Waals surface area contributed by atoms with Crippen LogP contribution in [-0.2, 0) is 4.74 Å². The van der Waals surface area contributed by atoms with Crippen molar-refractivity contribution in [3.05, 3.63) is 42.8 Å². The summed E-state index contributed by atoms with van der Waals surface area (Å²) in [5, 5.41) is 0. The molecule has 2 heteroatoms. The Bertz CT molecular complexity index is 267. The predicted molar refractivity (Wildman–Crippen MR) is 51.5 cm³/mol. The van der Waals surface area contributed by atoms with Gasteiger partial charge in [-0.1, -0.05) is 30.3 Å². The van der Waals surface area contributed by atoms with Crippen LogP contribution in [0.15, 0.2) is 30.3 Å². The van der Waals surface area contributed by atoms with Crippen molar-refractivity contribution in [1.29, 1.82) is 0 Å². The van der Waals surface area contributed by atoms with Gasteiger partial charge in [0.15, 0.2) is 5.78 Å². The van der Waals surface area contributed by atoms with Crippen molar-refractivity contribution >= 4 is 5.78 Å². The van der Waals surface area contributed by atoms with Gasteiger partial charge in [-0.15, -0.1) is 0 Å². The molecule has 1 aromatic rings. The fourth-order valence-electron chi connectivity index (χ4n) is 1.07. The molecule has 1 radical (unpaired) electrons. The van der Waals surface area contributed by atoms with Crippen LogP contribution < -0.4 is 0 Å². The molecular formula is C11H13O2. The van der Waals surface area contributed by atoms with Gasteiger partial charge in [0.25, 0.3) is 0 Å². The summed E-state index contributed by atoms with van der Waals surface area (Å²) in [5.41, 5.74) is 0.649. The highest BCUT2D eigenvalue weighted by atomic mass is 16.5. The Balaban J connectivity index is 2.68. The number of benzene rings is 1. The van der Waals surface area contributed by atoms with Gasteiger partial charge in [0, 0.05) is 12.2 Å². The minimum atomic E-state index is -0.590. The zero-order valence-electron chi connectivity index (χ0n) is 7.69. The van der Waals surface area contributed by atoms with Crippen molar-refractivity contribution in [2.45, 2.75) is 13.0 Å². The van der Waals surface area contributed by atoms with Gasteiger partial charge < -0.3 is 4.74 Å². The molecule has 0 aromatic heterocycles. The largest absolute Gasteiger partial charge is 0.370 e. The van der Waals surface area contributed by atoms with Crippen LogP contribution in [0.4, 0.5) is 0 Å². The quantitative estimate of drug-likeness (QED) is 0.658. The van der Waals surface area contributed by atoms with Gasteiger partial charge >= 0.3 is 0 Å². The first kappa shape index (κ1) is 9.93. The maximum atomic E-state index is 11.5. The lowest BCUT2D eigenvalue weighted by Crippen LogP contribution is -2.20. The molecule has 0 saturated heterocycles. The minimum absolute atomic E-state index is 0.0672. The van der Waals surface area contributed by atoms with Crippen LogP contribution >= 0.6 is 0 Å². The Hall–Kier alpha value is -1.15. The molecule has 1 aromatic carbocycles. The van der Waals surface area contributed by atoms with Crippen LogP contribution in [0.2, 0.25) is 0 Å². The molecule has 1 atom stereocenters. The molecule has 13 heavy (non-hydrogen) atoms. The maximum Gasteiger partial charge on any atom is 0.191 e. The average molecular weight is 177 g/mol. The number of rotatable bonds is 4. The second kappa shape index (κ2) is 4.77. The first-order valence-electron chi connectivity index (χ1n) is 4.29. The second-order valence-electron chi connectivity index (χ2n) is 2.67. The molecule has 1 rings (SSSR count). The lowest BCUT2D eigenvalue weighted by Gasteiger charge is -2.09. The molecule has 0 fully saturated rings. The Morgan fingerprint density at radius 3 is 2.62 bits per heavy atom. The van der Waals surface area contributed by atoms with Crippen molar-refractivity contribution in [3.8, 4) is 0 Å². The van der Waals surface area contributed by atoms with Gasteiger partial charge in [0.1, 0.15) is 6.10 Å². The molecule has 69 valence electrons. The van der Waals surface area contributed by atoms with Crippen LogP contribution in [0.25, 0.3) is 0 Å². The molecule has 0 aliphatic heterocycles. The zero-order valence-corrected chi connectivity index (χ0v) is 7.69. The fraction of sp³-hybridized carbons (Fsp3) is 0.273. The number of hydrogen-bond acceptors (Lipinski definition) is 2. The fourth-order valence-corrected chi connectivity index (χ4v) is 1.07. The van der Waals surface area contributed by atoms with Crippen LogP contribution in [0.3, 0.4) is 0 Å². The number of carbonyl (C=O) groups is 1. The van der Waals surface area contributed by atoms with E-state index in [0.717, 1.165) is 0 Å². The van der Waals surface area contributed by atoms with Gasteiger partial charge in [-0.05, 0) is 13.8 Å². The summed E-state index contributed by atoms with van der Waals surface area (Å²) < 4.78 is 5.10. The monoisotopic (exact) mass is 177 g/mol. The van der Waals surface area contributed by atoms with E-state index >= 15 is 0 Å². The maximum absolute atomic E-state index is 11.5. The molecule has 0 N–H and O–H groups in total. The second-order valence-corrected chi connectivity index (χ2v) is 2.67. The molecule has 0 aliphatic rings. The third-order valence-corrected chi connectivity index (χ3v) is 1.72. The van der Waals surface area contributed by atoms with E-state index in [-0.39, 0.29) is 5.78 Å². The molecule has 2 nitrogen and oxygen atoms in total. The zero-order chi connectivity index (χ0) is 9.68. The van der Waals surface area contributed by atoms with Crippen molar-refractivity contribution < 1.29 is 9.53 Å². The lowest BCUT2D eigenvalue weighted by atomic mass is 10.1. The average Bonchev–Trinajstić information content (AvgIpc) is 2.18. The van der Waals surface area contributed by atoms with E-state index in [0.29, 0.717) is 12.2 Å². The number of ether oxygens (including phenoxy) is 1.